The SMILES string of the molecule is COc1ccc(N(C(=O)c2cc(-c3cc4c(cc3C(=O)OC(C)(C)C)CN(C(=O)OCc3ccccc3)CC4)n(C)c2C)c2ccc(O[Si](C)(C)C(C)(C)C)cc2)cc1C#N. The molecule has 2 heterocycles. The number of fused-ring (bicyclic) bond motifs is 1. The zero-order valence-corrected chi connectivity index (χ0v) is 38.1. The molecule has 4 aromatic carbocycles. The molecule has 0 spiro atoms. The van der Waals surface area contributed by atoms with Gasteiger partial charge in [-0.05, 0) is 130 Å². The number of carbonyl (C=O) groups excluding carboxylic acids is 3. The maximum Gasteiger partial charge on any atom is 0.410 e. The first kappa shape index (κ1) is 44.2. The largest absolute Gasteiger partial charge is 0.544 e. The minimum Gasteiger partial charge on any atom is -0.544 e. The van der Waals surface area contributed by atoms with Crippen LogP contribution in [-0.4, -0.2) is 55.0 Å². The molecule has 0 aliphatic carbocycles. The van der Waals surface area contributed by atoms with Gasteiger partial charge in [-0.15, -0.1) is 0 Å². The molecule has 61 heavy (non-hydrogen) atoms. The summed E-state index contributed by atoms with van der Waals surface area (Å²) in [7, 11) is 1.22. The average Bonchev–Trinajstić information content (AvgIpc) is 3.51. The van der Waals surface area contributed by atoms with Crippen LogP contribution >= 0.6 is 0 Å². The van der Waals surface area contributed by atoms with Crippen molar-refractivity contribution in [2.75, 3.05) is 18.6 Å². The van der Waals surface area contributed by atoms with Crippen LogP contribution in [0.25, 0.3) is 11.3 Å². The number of nitriles is 1. The third-order valence-corrected chi connectivity index (χ3v) is 15.9. The second-order valence-corrected chi connectivity index (χ2v) is 22.7. The van der Waals surface area contributed by atoms with E-state index in [0.717, 1.165) is 16.7 Å². The highest BCUT2D eigenvalue weighted by molar-refractivity contribution is 6.74. The Balaban J connectivity index is 1.40. The number of aromatic nitrogens is 1. The van der Waals surface area contributed by atoms with Crippen molar-refractivity contribution < 1.29 is 33.0 Å². The Labute approximate surface area is 360 Å². The van der Waals surface area contributed by atoms with E-state index >= 15 is 4.79 Å². The van der Waals surface area contributed by atoms with Crippen LogP contribution in [0.4, 0.5) is 16.2 Å². The fraction of sp³-hybridized carbons (Fsp3) is 0.347. The van der Waals surface area contributed by atoms with Gasteiger partial charge in [0.05, 0.1) is 29.5 Å². The van der Waals surface area contributed by atoms with Crippen LogP contribution < -0.4 is 14.1 Å². The van der Waals surface area contributed by atoms with Crippen LogP contribution in [-0.2, 0) is 36.1 Å². The number of methoxy groups -OCH3 is 1. The van der Waals surface area contributed by atoms with Crippen LogP contribution in [0.1, 0.15) is 90.2 Å². The van der Waals surface area contributed by atoms with Crippen LogP contribution in [0.3, 0.4) is 0 Å². The Bertz CT molecular complexity index is 2490. The van der Waals surface area contributed by atoms with Gasteiger partial charge in [0.2, 0.25) is 8.32 Å². The molecule has 0 saturated carbocycles. The van der Waals surface area contributed by atoms with Gasteiger partial charge in [-0.3, -0.25) is 9.69 Å². The second-order valence-electron chi connectivity index (χ2n) is 18.0. The van der Waals surface area contributed by atoms with E-state index in [1.165, 1.54) is 7.11 Å². The molecule has 0 unspecified atom stereocenters. The van der Waals surface area contributed by atoms with E-state index in [0.29, 0.717) is 63.9 Å². The number of amides is 2. The van der Waals surface area contributed by atoms with Crippen molar-refractivity contribution in [3.8, 4) is 28.8 Å². The van der Waals surface area contributed by atoms with Crippen molar-refractivity contribution in [2.45, 2.75) is 91.8 Å². The van der Waals surface area contributed by atoms with Crippen molar-refractivity contribution in [3.05, 3.63) is 130 Å². The zero-order chi connectivity index (χ0) is 44.4. The lowest BCUT2D eigenvalue weighted by molar-refractivity contribution is 0.00700. The summed E-state index contributed by atoms with van der Waals surface area (Å²) in [6.45, 7) is 19.1. The van der Waals surface area contributed by atoms with Gasteiger partial charge in [0.25, 0.3) is 5.91 Å². The standard InChI is InChI=1S/C49H56N4O7Si/c1-32-40(45(54)53(38-19-22-44(57-9)35(25-38)29-50)37-17-20-39(21-18-37)60-61(10,11)49(5,6)7)28-43(51(32)8)41-26-34-23-24-52(47(56)58-31-33-15-13-12-14-16-33)30-36(34)27-42(41)46(55)59-48(2,3)4/h12-22,25-28H,23-24,30-31H2,1-11H3. The Kier molecular flexibility index (Phi) is 12.6. The van der Waals surface area contributed by atoms with E-state index in [9.17, 15) is 14.9 Å². The highest BCUT2D eigenvalue weighted by atomic mass is 28.4. The first-order valence-corrected chi connectivity index (χ1v) is 23.4. The summed E-state index contributed by atoms with van der Waals surface area (Å²) in [6.07, 6.45) is 0.105. The fourth-order valence-corrected chi connectivity index (χ4v) is 8.03. The Hall–Kier alpha value is -6.32. The summed E-state index contributed by atoms with van der Waals surface area (Å²) in [5, 5.41) is 10.0. The molecule has 0 atom stereocenters. The maximum absolute atomic E-state index is 15.1. The Morgan fingerprint density at radius 2 is 1.52 bits per heavy atom. The number of carbonyl (C=O) groups is 3. The number of ether oxygens (including phenoxy) is 3. The van der Waals surface area contributed by atoms with Gasteiger partial charge in [-0.2, -0.15) is 5.26 Å². The summed E-state index contributed by atoms with van der Waals surface area (Å²) in [5.74, 6) is 0.240. The van der Waals surface area contributed by atoms with Gasteiger partial charge >= 0.3 is 12.1 Å². The maximum atomic E-state index is 15.1. The van der Waals surface area contributed by atoms with E-state index in [4.69, 9.17) is 18.6 Å². The minimum atomic E-state index is -2.14. The molecule has 5 aromatic rings. The van der Waals surface area contributed by atoms with Gasteiger partial charge < -0.3 is 28.1 Å². The smallest absolute Gasteiger partial charge is 0.410 e. The van der Waals surface area contributed by atoms with Crippen molar-refractivity contribution in [1.29, 1.82) is 5.26 Å². The van der Waals surface area contributed by atoms with Crippen LogP contribution in [0, 0.1) is 18.3 Å². The van der Waals surface area contributed by atoms with E-state index in [1.54, 1.807) is 40.1 Å². The van der Waals surface area contributed by atoms with E-state index in [2.05, 4.69) is 39.9 Å². The number of hydrogen-bond donors (Lipinski definition) is 0. The monoisotopic (exact) mass is 840 g/mol. The number of hydrogen-bond acceptors (Lipinski definition) is 8. The lowest BCUT2D eigenvalue weighted by Crippen LogP contribution is -2.43. The molecule has 6 rings (SSSR count). The molecule has 0 fully saturated rings. The van der Waals surface area contributed by atoms with E-state index < -0.39 is 26.0 Å². The summed E-state index contributed by atoms with van der Waals surface area (Å²) < 4.78 is 25.5. The van der Waals surface area contributed by atoms with Gasteiger partial charge in [-0.1, -0.05) is 51.1 Å². The van der Waals surface area contributed by atoms with Gasteiger partial charge in [-0.25, -0.2) is 9.59 Å². The molecule has 1 aliphatic rings. The Morgan fingerprint density at radius 1 is 0.852 bits per heavy atom. The first-order valence-electron chi connectivity index (χ1n) is 20.4. The predicted octanol–water partition coefficient (Wildman–Crippen LogP) is 10.9. The first-order chi connectivity index (χ1) is 28.7. The zero-order valence-electron chi connectivity index (χ0n) is 37.1. The topological polar surface area (TPSA) is 123 Å². The highest BCUT2D eigenvalue weighted by Crippen LogP contribution is 2.40. The molecule has 0 radical (unpaired) electrons. The Morgan fingerprint density at radius 3 is 2.15 bits per heavy atom. The molecule has 0 N–H and O–H groups in total. The average molecular weight is 841 g/mol. The lowest BCUT2D eigenvalue weighted by atomic mass is 9.92. The predicted molar refractivity (Wildman–Crippen MR) is 240 cm³/mol. The van der Waals surface area contributed by atoms with Crippen molar-refractivity contribution in [3.63, 3.8) is 0 Å². The van der Waals surface area contributed by atoms with Crippen LogP contribution in [0.2, 0.25) is 18.1 Å². The van der Waals surface area contributed by atoms with Gasteiger partial charge in [0.1, 0.15) is 29.8 Å². The van der Waals surface area contributed by atoms with Crippen molar-refractivity contribution >= 4 is 37.7 Å². The third kappa shape index (κ3) is 9.68. The van der Waals surface area contributed by atoms with E-state index in [-0.39, 0.29) is 29.7 Å². The molecule has 0 saturated heterocycles. The minimum absolute atomic E-state index is 0.00854. The summed E-state index contributed by atoms with van der Waals surface area (Å²) in [6, 6.07) is 29.8. The van der Waals surface area contributed by atoms with E-state index in [1.807, 2.05) is 100.0 Å². The highest BCUT2D eigenvalue weighted by Gasteiger charge is 2.39. The quantitative estimate of drug-likeness (QED) is 0.101. The molecule has 11 nitrogen and oxygen atoms in total. The lowest BCUT2D eigenvalue weighted by Gasteiger charge is -2.36. The molecule has 12 heteroatoms. The number of anilines is 2. The molecular formula is C49H56N4O7Si. The van der Waals surface area contributed by atoms with Gasteiger partial charge in [0, 0.05) is 42.8 Å². The van der Waals surface area contributed by atoms with Gasteiger partial charge in [0.15, 0.2) is 0 Å². The fourth-order valence-electron chi connectivity index (χ4n) is 7.00. The van der Waals surface area contributed by atoms with Crippen molar-refractivity contribution in [1.82, 2.24) is 9.47 Å². The van der Waals surface area contributed by atoms with Crippen LogP contribution in [0.5, 0.6) is 11.5 Å². The number of esters is 1. The molecule has 1 aliphatic heterocycles. The molecular weight excluding hydrogens is 785 g/mol. The summed E-state index contributed by atoms with van der Waals surface area (Å²) in [4.78, 5) is 45.6. The molecule has 2 amide bonds. The van der Waals surface area contributed by atoms with Crippen LogP contribution in [0.15, 0.2) is 91.0 Å². The van der Waals surface area contributed by atoms with Crippen molar-refractivity contribution in [2.24, 2.45) is 7.05 Å². The normalized spacial score (nSPS) is 12.9. The second kappa shape index (κ2) is 17.3. The molecule has 0 bridgehead atoms. The summed E-state index contributed by atoms with van der Waals surface area (Å²) in [5.41, 5.74) is 5.84. The number of benzene rings is 4. The summed E-state index contributed by atoms with van der Waals surface area (Å²) >= 11 is 0. The number of rotatable bonds is 10. The third-order valence-electron chi connectivity index (χ3n) is 11.5. The molecule has 1 aromatic heterocycles. The molecule has 318 valence electrons. The number of nitrogens with zero attached hydrogens (tertiary/aromatic N) is 4.